The number of halogens is 2. The van der Waals surface area contributed by atoms with Gasteiger partial charge in [0.1, 0.15) is 5.02 Å². The Morgan fingerprint density at radius 1 is 1.35 bits per heavy atom. The lowest BCUT2D eigenvalue weighted by atomic mass is 10.1. The molecule has 0 unspecified atom stereocenters. The van der Waals surface area contributed by atoms with Gasteiger partial charge in [-0.1, -0.05) is 23.7 Å². The second kappa shape index (κ2) is 4.92. The number of aromatic nitrogens is 2. The zero-order chi connectivity index (χ0) is 14.3. The number of carbonyl (C=O) groups is 1. The van der Waals surface area contributed by atoms with Gasteiger partial charge in [-0.3, -0.25) is 4.79 Å². The molecule has 1 aliphatic rings. The molecule has 0 radical (unpaired) electrons. The Labute approximate surface area is 125 Å². The summed E-state index contributed by atoms with van der Waals surface area (Å²) in [6, 6.07) is 5.61. The van der Waals surface area contributed by atoms with Gasteiger partial charge < -0.3 is 10.2 Å². The lowest BCUT2D eigenvalue weighted by Crippen LogP contribution is -2.18. The van der Waals surface area contributed by atoms with Crippen LogP contribution in [0.15, 0.2) is 24.4 Å². The third kappa shape index (κ3) is 2.19. The number of carbonyl (C=O) groups excluding carboxylic acids is 1. The van der Waals surface area contributed by atoms with Crippen LogP contribution in [0.4, 0.5) is 11.5 Å². The highest BCUT2D eigenvalue weighted by Gasteiger charge is 2.27. The average Bonchev–Trinajstić information content (AvgIpc) is 2.71. The summed E-state index contributed by atoms with van der Waals surface area (Å²) < 4.78 is 0. The predicted octanol–water partition coefficient (Wildman–Crippen LogP) is 3.11. The van der Waals surface area contributed by atoms with Crippen molar-refractivity contribution in [3.8, 4) is 0 Å². The van der Waals surface area contributed by atoms with Crippen LogP contribution in [0.1, 0.15) is 15.9 Å². The fourth-order valence-corrected chi connectivity index (χ4v) is 2.44. The zero-order valence-corrected chi connectivity index (χ0v) is 12.0. The molecule has 7 heteroatoms. The molecule has 102 valence electrons. The van der Waals surface area contributed by atoms with Crippen LogP contribution >= 0.6 is 23.2 Å². The number of benzene rings is 1. The van der Waals surface area contributed by atoms with E-state index in [2.05, 4.69) is 15.3 Å². The molecule has 1 aromatic carbocycles. The molecule has 0 bridgehead atoms. The van der Waals surface area contributed by atoms with Crippen LogP contribution in [0.5, 0.6) is 0 Å². The van der Waals surface area contributed by atoms with Gasteiger partial charge in [-0.25, -0.2) is 4.98 Å². The summed E-state index contributed by atoms with van der Waals surface area (Å²) in [4.78, 5) is 21.6. The first kappa shape index (κ1) is 13.1. The third-order valence-corrected chi connectivity index (χ3v) is 3.55. The summed E-state index contributed by atoms with van der Waals surface area (Å²) in [6.45, 7) is 0.599. The monoisotopic (exact) mass is 308 g/mol. The van der Waals surface area contributed by atoms with E-state index in [-0.39, 0.29) is 11.2 Å². The Bertz CT molecular complexity index is 705. The number of fused-ring (bicyclic) bond motifs is 1. The third-order valence-electron chi connectivity index (χ3n) is 3.09. The molecule has 1 aliphatic heterocycles. The first-order valence-electron chi connectivity index (χ1n) is 5.88. The zero-order valence-electron chi connectivity index (χ0n) is 10.5. The van der Waals surface area contributed by atoms with E-state index in [0.717, 1.165) is 5.56 Å². The van der Waals surface area contributed by atoms with E-state index in [9.17, 15) is 4.79 Å². The fourth-order valence-electron chi connectivity index (χ4n) is 2.17. The number of anilines is 2. The number of nitrogens with one attached hydrogen (secondary N) is 1. The SMILES string of the molecule is CN1Cc2cccc(Nc3nc(Cl)ncc3Cl)c2C1=O. The molecule has 1 N–H and O–H groups in total. The Balaban J connectivity index is 2.03. The molecule has 3 rings (SSSR count). The lowest BCUT2D eigenvalue weighted by molar-refractivity contribution is 0.0817. The van der Waals surface area contributed by atoms with Gasteiger partial charge in [-0.05, 0) is 23.2 Å². The van der Waals surface area contributed by atoms with E-state index in [1.54, 1.807) is 11.9 Å². The van der Waals surface area contributed by atoms with Gasteiger partial charge >= 0.3 is 0 Å². The minimum absolute atomic E-state index is 0.0284. The smallest absolute Gasteiger partial charge is 0.256 e. The van der Waals surface area contributed by atoms with Crippen molar-refractivity contribution < 1.29 is 4.79 Å². The van der Waals surface area contributed by atoms with Crippen LogP contribution in [0.25, 0.3) is 0 Å². The number of hydrogen-bond donors (Lipinski definition) is 1. The van der Waals surface area contributed by atoms with Gasteiger partial charge in [-0.2, -0.15) is 4.98 Å². The van der Waals surface area contributed by atoms with Crippen molar-refractivity contribution in [2.24, 2.45) is 0 Å². The molecule has 1 amide bonds. The number of hydrogen-bond acceptors (Lipinski definition) is 4. The van der Waals surface area contributed by atoms with Gasteiger partial charge in [0.2, 0.25) is 5.28 Å². The van der Waals surface area contributed by atoms with Gasteiger partial charge in [0, 0.05) is 13.6 Å². The molecule has 0 saturated carbocycles. The predicted molar refractivity (Wildman–Crippen MR) is 77.6 cm³/mol. The van der Waals surface area contributed by atoms with Gasteiger partial charge in [0.25, 0.3) is 5.91 Å². The summed E-state index contributed by atoms with van der Waals surface area (Å²) in [5, 5.41) is 3.48. The Hall–Kier alpha value is -1.85. The quantitative estimate of drug-likeness (QED) is 0.866. The van der Waals surface area contributed by atoms with Crippen molar-refractivity contribution in [1.82, 2.24) is 14.9 Å². The van der Waals surface area contributed by atoms with E-state index in [0.29, 0.717) is 28.6 Å². The normalized spacial score (nSPS) is 13.6. The topological polar surface area (TPSA) is 58.1 Å². The average molecular weight is 309 g/mol. The second-order valence-corrected chi connectivity index (χ2v) is 5.21. The molecular weight excluding hydrogens is 299 g/mol. The maximum Gasteiger partial charge on any atom is 0.256 e. The van der Waals surface area contributed by atoms with Gasteiger partial charge in [-0.15, -0.1) is 0 Å². The Kier molecular flexibility index (Phi) is 3.23. The van der Waals surface area contributed by atoms with E-state index >= 15 is 0 Å². The van der Waals surface area contributed by atoms with E-state index in [1.165, 1.54) is 6.20 Å². The summed E-state index contributed by atoms with van der Waals surface area (Å²) in [5.41, 5.74) is 2.27. The molecule has 1 aromatic heterocycles. The maximum atomic E-state index is 12.2. The van der Waals surface area contributed by atoms with Crippen LogP contribution in [-0.4, -0.2) is 27.8 Å². The Morgan fingerprint density at radius 3 is 2.95 bits per heavy atom. The van der Waals surface area contributed by atoms with Crippen molar-refractivity contribution >= 4 is 40.6 Å². The molecule has 0 atom stereocenters. The molecule has 0 fully saturated rings. The summed E-state index contributed by atoms with van der Waals surface area (Å²) >= 11 is 11.8. The van der Waals surface area contributed by atoms with Crippen LogP contribution in [0.2, 0.25) is 10.3 Å². The molecular formula is C13H10Cl2N4O. The minimum atomic E-state index is -0.0284. The summed E-state index contributed by atoms with van der Waals surface area (Å²) in [5.74, 6) is 0.349. The second-order valence-electron chi connectivity index (χ2n) is 4.46. The number of rotatable bonds is 2. The lowest BCUT2D eigenvalue weighted by Gasteiger charge is -2.11. The van der Waals surface area contributed by atoms with E-state index in [4.69, 9.17) is 23.2 Å². The van der Waals surface area contributed by atoms with E-state index in [1.807, 2.05) is 18.2 Å². The van der Waals surface area contributed by atoms with Crippen molar-refractivity contribution in [2.75, 3.05) is 12.4 Å². The highest BCUT2D eigenvalue weighted by atomic mass is 35.5. The molecule has 2 aromatic rings. The summed E-state index contributed by atoms with van der Waals surface area (Å²) in [6.07, 6.45) is 1.41. The standard InChI is InChI=1S/C13H10Cl2N4O/c1-19-6-7-3-2-4-9(10(7)12(19)20)17-11-8(14)5-16-13(15)18-11/h2-5H,6H2,1H3,(H,16,17,18). The molecule has 5 nitrogen and oxygen atoms in total. The maximum absolute atomic E-state index is 12.2. The van der Waals surface area contributed by atoms with Crippen molar-refractivity contribution in [2.45, 2.75) is 6.54 Å². The first-order valence-corrected chi connectivity index (χ1v) is 6.64. The van der Waals surface area contributed by atoms with Crippen LogP contribution in [-0.2, 0) is 6.54 Å². The van der Waals surface area contributed by atoms with Gasteiger partial charge in [0.15, 0.2) is 5.82 Å². The molecule has 2 heterocycles. The van der Waals surface area contributed by atoms with Crippen LogP contribution in [0.3, 0.4) is 0 Å². The summed E-state index contributed by atoms with van der Waals surface area (Å²) in [7, 11) is 1.76. The number of nitrogens with zero attached hydrogens (tertiary/aromatic N) is 3. The highest BCUT2D eigenvalue weighted by molar-refractivity contribution is 6.33. The molecule has 20 heavy (non-hydrogen) atoms. The van der Waals surface area contributed by atoms with Crippen LogP contribution in [0, 0.1) is 0 Å². The largest absolute Gasteiger partial charge is 0.338 e. The minimum Gasteiger partial charge on any atom is -0.338 e. The van der Waals surface area contributed by atoms with Crippen molar-refractivity contribution in [3.63, 3.8) is 0 Å². The fraction of sp³-hybridized carbons (Fsp3) is 0.154. The van der Waals surface area contributed by atoms with E-state index < -0.39 is 0 Å². The molecule has 0 aliphatic carbocycles. The highest BCUT2D eigenvalue weighted by Crippen LogP contribution is 2.31. The molecule has 0 spiro atoms. The van der Waals surface area contributed by atoms with Crippen molar-refractivity contribution in [3.05, 3.63) is 45.8 Å². The Morgan fingerprint density at radius 2 is 2.15 bits per heavy atom. The van der Waals surface area contributed by atoms with Gasteiger partial charge in [0.05, 0.1) is 17.4 Å². The van der Waals surface area contributed by atoms with Crippen LogP contribution < -0.4 is 5.32 Å². The molecule has 0 saturated heterocycles. The first-order chi connectivity index (χ1) is 9.56. The van der Waals surface area contributed by atoms with Crippen molar-refractivity contribution in [1.29, 1.82) is 0 Å². The number of amides is 1.